The average Bonchev–Trinajstić information content (AvgIpc) is 2.41. The molecule has 2 aromatic rings. The van der Waals surface area contributed by atoms with E-state index in [4.69, 9.17) is 10.5 Å². The second-order valence-electron chi connectivity index (χ2n) is 4.11. The van der Waals surface area contributed by atoms with E-state index in [-0.39, 0.29) is 0 Å². The highest BCUT2D eigenvalue weighted by molar-refractivity contribution is 5.64. The normalized spacial score (nSPS) is 10.4. The molecular weight excluding hydrogens is 226 g/mol. The highest BCUT2D eigenvalue weighted by atomic mass is 16.5. The van der Waals surface area contributed by atoms with Gasteiger partial charge in [-0.05, 0) is 31.5 Å². The second-order valence-corrected chi connectivity index (χ2v) is 4.11. The maximum absolute atomic E-state index is 5.72. The SMILES string of the molecule is COc1ccccc1-c1nc(C)c(C)c(CN)n1. The zero-order valence-corrected chi connectivity index (χ0v) is 10.9. The number of aromatic nitrogens is 2. The number of hydrogen-bond acceptors (Lipinski definition) is 4. The fraction of sp³-hybridized carbons (Fsp3) is 0.286. The second kappa shape index (κ2) is 5.14. The van der Waals surface area contributed by atoms with Crippen LogP contribution in [-0.4, -0.2) is 17.1 Å². The predicted molar refractivity (Wildman–Crippen MR) is 71.4 cm³/mol. The lowest BCUT2D eigenvalue weighted by Crippen LogP contribution is -2.07. The lowest BCUT2D eigenvalue weighted by Gasteiger charge is -2.11. The van der Waals surface area contributed by atoms with E-state index in [1.165, 1.54) is 0 Å². The molecule has 0 atom stereocenters. The monoisotopic (exact) mass is 243 g/mol. The quantitative estimate of drug-likeness (QED) is 0.898. The molecule has 0 fully saturated rings. The van der Waals surface area contributed by atoms with E-state index in [9.17, 15) is 0 Å². The molecule has 0 aliphatic rings. The standard InChI is InChI=1S/C14H17N3O/c1-9-10(2)16-14(17-12(9)8-15)11-6-4-5-7-13(11)18-3/h4-7H,8,15H2,1-3H3. The Morgan fingerprint density at radius 2 is 1.89 bits per heavy atom. The Hall–Kier alpha value is -1.94. The van der Waals surface area contributed by atoms with Crippen LogP contribution in [-0.2, 0) is 6.54 Å². The number of para-hydroxylation sites is 1. The van der Waals surface area contributed by atoms with Crippen LogP contribution in [0.5, 0.6) is 5.75 Å². The van der Waals surface area contributed by atoms with Crippen LogP contribution >= 0.6 is 0 Å². The molecule has 0 saturated heterocycles. The van der Waals surface area contributed by atoms with Crippen molar-refractivity contribution in [2.75, 3.05) is 7.11 Å². The highest BCUT2D eigenvalue weighted by Gasteiger charge is 2.11. The van der Waals surface area contributed by atoms with Crippen LogP contribution < -0.4 is 10.5 Å². The largest absolute Gasteiger partial charge is 0.496 e. The first-order valence-corrected chi connectivity index (χ1v) is 5.85. The summed E-state index contributed by atoms with van der Waals surface area (Å²) >= 11 is 0. The number of nitrogens with two attached hydrogens (primary N) is 1. The molecular formula is C14H17N3O. The van der Waals surface area contributed by atoms with Crippen molar-refractivity contribution in [1.29, 1.82) is 0 Å². The maximum Gasteiger partial charge on any atom is 0.163 e. The van der Waals surface area contributed by atoms with Gasteiger partial charge in [-0.1, -0.05) is 12.1 Å². The van der Waals surface area contributed by atoms with E-state index in [0.717, 1.165) is 28.3 Å². The topological polar surface area (TPSA) is 61.0 Å². The van der Waals surface area contributed by atoms with Gasteiger partial charge in [-0.2, -0.15) is 0 Å². The maximum atomic E-state index is 5.72. The van der Waals surface area contributed by atoms with Crippen molar-refractivity contribution in [3.05, 3.63) is 41.2 Å². The minimum atomic E-state index is 0.414. The first-order valence-electron chi connectivity index (χ1n) is 5.85. The summed E-state index contributed by atoms with van der Waals surface area (Å²) < 4.78 is 5.33. The number of hydrogen-bond donors (Lipinski definition) is 1. The average molecular weight is 243 g/mol. The van der Waals surface area contributed by atoms with Crippen LogP contribution in [0.15, 0.2) is 24.3 Å². The first-order chi connectivity index (χ1) is 8.67. The van der Waals surface area contributed by atoms with Crippen molar-refractivity contribution < 1.29 is 4.74 Å². The first kappa shape index (κ1) is 12.5. The zero-order chi connectivity index (χ0) is 13.1. The van der Waals surface area contributed by atoms with Gasteiger partial charge in [0.05, 0.1) is 18.4 Å². The molecule has 18 heavy (non-hydrogen) atoms. The third-order valence-electron chi connectivity index (χ3n) is 3.03. The number of ether oxygens (including phenoxy) is 1. The van der Waals surface area contributed by atoms with Crippen LogP contribution in [0.1, 0.15) is 17.0 Å². The van der Waals surface area contributed by atoms with Gasteiger partial charge in [0, 0.05) is 12.2 Å². The highest BCUT2D eigenvalue weighted by Crippen LogP contribution is 2.27. The summed E-state index contributed by atoms with van der Waals surface area (Å²) in [5, 5.41) is 0. The molecule has 2 rings (SSSR count). The molecule has 0 bridgehead atoms. The van der Waals surface area contributed by atoms with Crippen molar-refractivity contribution in [3.8, 4) is 17.1 Å². The van der Waals surface area contributed by atoms with E-state index < -0.39 is 0 Å². The van der Waals surface area contributed by atoms with E-state index in [0.29, 0.717) is 12.4 Å². The fourth-order valence-corrected chi connectivity index (χ4v) is 1.84. The Kier molecular flexibility index (Phi) is 3.58. The minimum absolute atomic E-state index is 0.414. The zero-order valence-electron chi connectivity index (χ0n) is 10.9. The summed E-state index contributed by atoms with van der Waals surface area (Å²) in [6.45, 7) is 4.37. The molecule has 1 aromatic heterocycles. The molecule has 1 heterocycles. The van der Waals surface area contributed by atoms with Crippen LogP contribution in [0.3, 0.4) is 0 Å². The summed E-state index contributed by atoms with van der Waals surface area (Å²) in [4.78, 5) is 9.03. The summed E-state index contributed by atoms with van der Waals surface area (Å²) in [6, 6.07) is 7.71. The molecule has 1 aromatic carbocycles. The Balaban J connectivity index is 2.61. The molecule has 4 heteroatoms. The van der Waals surface area contributed by atoms with E-state index in [1.54, 1.807) is 7.11 Å². The number of nitrogens with zero attached hydrogens (tertiary/aromatic N) is 2. The van der Waals surface area contributed by atoms with Crippen LogP contribution in [0, 0.1) is 13.8 Å². The predicted octanol–water partition coefficient (Wildman–Crippen LogP) is 2.23. The van der Waals surface area contributed by atoms with Gasteiger partial charge in [0.15, 0.2) is 5.82 Å². The van der Waals surface area contributed by atoms with Gasteiger partial charge in [-0.3, -0.25) is 0 Å². The van der Waals surface area contributed by atoms with E-state index in [2.05, 4.69) is 9.97 Å². The summed E-state index contributed by atoms with van der Waals surface area (Å²) in [6.07, 6.45) is 0. The van der Waals surface area contributed by atoms with Gasteiger partial charge < -0.3 is 10.5 Å². The molecule has 0 aliphatic heterocycles. The Bertz CT molecular complexity index is 567. The molecule has 2 N–H and O–H groups in total. The van der Waals surface area contributed by atoms with Crippen molar-refractivity contribution in [3.63, 3.8) is 0 Å². The molecule has 94 valence electrons. The van der Waals surface area contributed by atoms with Crippen molar-refractivity contribution >= 4 is 0 Å². The Morgan fingerprint density at radius 1 is 1.17 bits per heavy atom. The van der Waals surface area contributed by atoms with Gasteiger partial charge in [0.2, 0.25) is 0 Å². The van der Waals surface area contributed by atoms with Gasteiger partial charge in [-0.25, -0.2) is 9.97 Å². The van der Waals surface area contributed by atoms with Crippen molar-refractivity contribution in [2.45, 2.75) is 20.4 Å². The molecule has 0 saturated carbocycles. The molecule has 0 unspecified atom stereocenters. The van der Waals surface area contributed by atoms with Crippen LogP contribution in [0.2, 0.25) is 0 Å². The Labute approximate surface area is 107 Å². The third kappa shape index (κ3) is 2.19. The molecule has 0 amide bonds. The van der Waals surface area contributed by atoms with E-state index in [1.807, 2.05) is 38.1 Å². The molecule has 0 radical (unpaired) electrons. The Morgan fingerprint density at radius 3 is 2.56 bits per heavy atom. The minimum Gasteiger partial charge on any atom is -0.496 e. The number of rotatable bonds is 3. The molecule has 4 nitrogen and oxygen atoms in total. The number of aryl methyl sites for hydroxylation is 1. The van der Waals surface area contributed by atoms with Gasteiger partial charge >= 0.3 is 0 Å². The van der Waals surface area contributed by atoms with Crippen LogP contribution in [0.25, 0.3) is 11.4 Å². The summed E-state index contributed by atoms with van der Waals surface area (Å²) in [5.74, 6) is 1.43. The van der Waals surface area contributed by atoms with Gasteiger partial charge in [0.25, 0.3) is 0 Å². The number of benzene rings is 1. The van der Waals surface area contributed by atoms with Crippen molar-refractivity contribution in [2.24, 2.45) is 5.73 Å². The molecule has 0 spiro atoms. The van der Waals surface area contributed by atoms with Gasteiger partial charge in [-0.15, -0.1) is 0 Å². The molecule has 0 aliphatic carbocycles. The summed E-state index contributed by atoms with van der Waals surface area (Å²) in [7, 11) is 1.64. The van der Waals surface area contributed by atoms with Gasteiger partial charge in [0.1, 0.15) is 5.75 Å². The van der Waals surface area contributed by atoms with Crippen molar-refractivity contribution in [1.82, 2.24) is 9.97 Å². The number of methoxy groups -OCH3 is 1. The fourth-order valence-electron chi connectivity index (χ4n) is 1.84. The third-order valence-corrected chi connectivity index (χ3v) is 3.03. The summed E-state index contributed by atoms with van der Waals surface area (Å²) in [5.41, 5.74) is 9.48. The lowest BCUT2D eigenvalue weighted by molar-refractivity contribution is 0.416. The lowest BCUT2D eigenvalue weighted by atomic mass is 10.1. The van der Waals surface area contributed by atoms with E-state index >= 15 is 0 Å². The van der Waals surface area contributed by atoms with Crippen LogP contribution in [0.4, 0.5) is 0 Å². The smallest absolute Gasteiger partial charge is 0.163 e.